The highest BCUT2D eigenvalue weighted by atomic mass is 35.5. The van der Waals surface area contributed by atoms with Gasteiger partial charge in [0.1, 0.15) is 17.5 Å². The van der Waals surface area contributed by atoms with Crippen LogP contribution in [0.25, 0.3) is 0 Å². The van der Waals surface area contributed by atoms with E-state index in [1.807, 2.05) is 0 Å². The van der Waals surface area contributed by atoms with Crippen LogP contribution in [-0.4, -0.2) is 5.78 Å². The Morgan fingerprint density at radius 2 is 1.45 bits per heavy atom. The molecule has 1 nitrogen and oxygen atoms in total. The minimum Gasteiger partial charge on any atom is -0.288 e. The predicted octanol–water partition coefficient (Wildman–Crippen LogP) is 4.61. The van der Waals surface area contributed by atoms with Gasteiger partial charge in [-0.15, -0.1) is 0 Å². The molecule has 0 saturated carbocycles. The Morgan fingerprint density at radius 3 is 2.00 bits per heavy atom. The highest BCUT2D eigenvalue weighted by Gasteiger charge is 2.22. The Kier molecular flexibility index (Phi) is 3.86. The van der Waals surface area contributed by atoms with Crippen molar-refractivity contribution in [1.29, 1.82) is 0 Å². The number of ketones is 1. The largest absolute Gasteiger partial charge is 0.288 e. The summed E-state index contributed by atoms with van der Waals surface area (Å²) < 4.78 is 40.1. The van der Waals surface area contributed by atoms with Gasteiger partial charge in [0.05, 0.1) is 10.6 Å². The molecule has 20 heavy (non-hydrogen) atoms. The van der Waals surface area contributed by atoms with Crippen molar-refractivity contribution in [2.24, 2.45) is 0 Å². The van der Waals surface area contributed by atoms with Crippen LogP contribution in [0.2, 0.25) is 5.02 Å². The molecule has 0 N–H and O–H groups in total. The summed E-state index contributed by atoms with van der Waals surface area (Å²) in [6, 6.07) is 3.93. The molecule has 0 unspecified atom stereocenters. The monoisotopic (exact) mass is 298 g/mol. The minimum absolute atomic E-state index is 0.0147. The minimum atomic E-state index is -1.25. The van der Waals surface area contributed by atoms with Crippen LogP contribution >= 0.6 is 11.6 Å². The molecule has 0 aliphatic carbocycles. The molecule has 0 heterocycles. The molecule has 0 bridgehead atoms. The molecule has 2 rings (SSSR count). The molecule has 0 amide bonds. The second-order valence-corrected chi connectivity index (χ2v) is 4.90. The summed E-state index contributed by atoms with van der Waals surface area (Å²) in [4.78, 5) is 12.2. The maximum atomic E-state index is 13.6. The van der Waals surface area contributed by atoms with Gasteiger partial charge in [-0.25, -0.2) is 13.2 Å². The molecular weight excluding hydrogens is 289 g/mol. The first-order valence-corrected chi connectivity index (χ1v) is 6.15. The fraction of sp³-hybridized carbons (Fsp3) is 0.133. The smallest absolute Gasteiger partial charge is 0.200 e. The van der Waals surface area contributed by atoms with Crippen LogP contribution in [0, 0.1) is 31.3 Å². The molecule has 0 spiro atoms. The third-order valence-electron chi connectivity index (χ3n) is 3.06. The fourth-order valence-corrected chi connectivity index (χ4v) is 2.15. The molecule has 104 valence electrons. The average molecular weight is 299 g/mol. The Morgan fingerprint density at radius 1 is 0.950 bits per heavy atom. The van der Waals surface area contributed by atoms with Crippen LogP contribution in [0.1, 0.15) is 27.0 Å². The lowest BCUT2D eigenvalue weighted by Gasteiger charge is -2.09. The van der Waals surface area contributed by atoms with Gasteiger partial charge < -0.3 is 0 Å². The summed E-state index contributed by atoms with van der Waals surface area (Å²) in [7, 11) is 0. The highest BCUT2D eigenvalue weighted by Crippen LogP contribution is 2.26. The van der Waals surface area contributed by atoms with Crippen molar-refractivity contribution in [2.75, 3.05) is 0 Å². The summed E-state index contributed by atoms with van der Waals surface area (Å²) in [5.74, 6) is -4.49. The van der Waals surface area contributed by atoms with Gasteiger partial charge in [0.25, 0.3) is 0 Å². The van der Waals surface area contributed by atoms with Gasteiger partial charge in [-0.1, -0.05) is 11.6 Å². The maximum absolute atomic E-state index is 13.6. The summed E-state index contributed by atoms with van der Waals surface area (Å²) in [5, 5.41) is 0.0984. The van der Waals surface area contributed by atoms with E-state index in [1.165, 1.54) is 6.07 Å². The van der Waals surface area contributed by atoms with Gasteiger partial charge in [-0.2, -0.15) is 0 Å². The molecule has 0 saturated heterocycles. The van der Waals surface area contributed by atoms with E-state index >= 15 is 0 Å². The second kappa shape index (κ2) is 5.29. The van der Waals surface area contributed by atoms with Gasteiger partial charge >= 0.3 is 0 Å². The number of rotatable bonds is 2. The van der Waals surface area contributed by atoms with E-state index in [1.54, 1.807) is 19.9 Å². The molecule has 0 aliphatic rings. The Bertz CT molecular complexity index is 688. The molecule has 2 aromatic rings. The lowest BCUT2D eigenvalue weighted by atomic mass is 9.98. The van der Waals surface area contributed by atoms with Gasteiger partial charge in [-0.05, 0) is 37.1 Å². The average Bonchev–Trinajstić information content (AvgIpc) is 2.32. The number of hydrogen-bond acceptors (Lipinski definition) is 1. The standard InChI is InChI=1S/C15H10ClF3O/c1-7-3-10(11(16)4-8(7)2)15(20)14-12(18)5-9(17)6-13(14)19/h3-6H,1-2H3. The lowest BCUT2D eigenvalue weighted by Crippen LogP contribution is -2.09. The topological polar surface area (TPSA) is 17.1 Å². The zero-order chi connectivity index (χ0) is 15.0. The number of carbonyl (C=O) groups is 1. The first-order valence-electron chi connectivity index (χ1n) is 5.77. The molecule has 0 radical (unpaired) electrons. The summed E-state index contributed by atoms with van der Waals surface area (Å²) in [5.41, 5.74) is 0.794. The van der Waals surface area contributed by atoms with Crippen molar-refractivity contribution < 1.29 is 18.0 Å². The van der Waals surface area contributed by atoms with E-state index in [0.717, 1.165) is 11.1 Å². The van der Waals surface area contributed by atoms with Crippen molar-refractivity contribution >= 4 is 17.4 Å². The quantitative estimate of drug-likeness (QED) is 0.740. The molecular formula is C15H10ClF3O. The van der Waals surface area contributed by atoms with Crippen molar-refractivity contribution in [3.8, 4) is 0 Å². The molecule has 0 atom stereocenters. The third kappa shape index (κ3) is 2.56. The van der Waals surface area contributed by atoms with Crippen LogP contribution in [0.4, 0.5) is 13.2 Å². The van der Waals surface area contributed by atoms with E-state index in [4.69, 9.17) is 11.6 Å². The SMILES string of the molecule is Cc1cc(Cl)c(C(=O)c2c(F)cc(F)cc2F)cc1C. The van der Waals surface area contributed by atoms with E-state index < -0.39 is 28.8 Å². The van der Waals surface area contributed by atoms with E-state index in [2.05, 4.69) is 0 Å². The molecule has 0 aliphatic heterocycles. The summed E-state index contributed by atoms with van der Waals surface area (Å²) in [6.45, 7) is 3.55. The first kappa shape index (κ1) is 14.6. The first-order chi connectivity index (χ1) is 9.31. The Hall–Kier alpha value is -1.81. The van der Waals surface area contributed by atoms with Crippen molar-refractivity contribution in [3.63, 3.8) is 0 Å². The zero-order valence-corrected chi connectivity index (χ0v) is 11.5. The maximum Gasteiger partial charge on any atom is 0.200 e. The van der Waals surface area contributed by atoms with E-state index in [0.29, 0.717) is 12.1 Å². The van der Waals surface area contributed by atoms with Crippen molar-refractivity contribution in [3.05, 3.63) is 69.0 Å². The summed E-state index contributed by atoms with van der Waals surface area (Å²) in [6.07, 6.45) is 0. The third-order valence-corrected chi connectivity index (χ3v) is 3.37. The number of aryl methyl sites for hydroxylation is 2. The summed E-state index contributed by atoms with van der Waals surface area (Å²) >= 11 is 5.94. The zero-order valence-electron chi connectivity index (χ0n) is 10.7. The fourth-order valence-electron chi connectivity index (χ4n) is 1.85. The lowest BCUT2D eigenvalue weighted by molar-refractivity contribution is 0.103. The molecule has 5 heteroatoms. The van der Waals surface area contributed by atoms with Crippen LogP contribution in [0.3, 0.4) is 0 Å². The van der Waals surface area contributed by atoms with Crippen LogP contribution in [0.15, 0.2) is 24.3 Å². The normalized spacial score (nSPS) is 10.7. The van der Waals surface area contributed by atoms with Crippen LogP contribution < -0.4 is 0 Å². The highest BCUT2D eigenvalue weighted by molar-refractivity contribution is 6.35. The molecule has 0 fully saturated rings. The number of halogens is 4. The van der Waals surface area contributed by atoms with Crippen molar-refractivity contribution in [2.45, 2.75) is 13.8 Å². The number of hydrogen-bond donors (Lipinski definition) is 0. The molecule has 0 aromatic heterocycles. The molecule has 2 aromatic carbocycles. The van der Waals surface area contributed by atoms with Gasteiger partial charge in [0, 0.05) is 17.7 Å². The Balaban J connectivity index is 2.61. The van der Waals surface area contributed by atoms with Crippen LogP contribution in [-0.2, 0) is 0 Å². The van der Waals surface area contributed by atoms with E-state index in [-0.39, 0.29) is 10.6 Å². The predicted molar refractivity (Wildman–Crippen MR) is 70.7 cm³/mol. The van der Waals surface area contributed by atoms with Gasteiger partial charge in [0.15, 0.2) is 5.78 Å². The van der Waals surface area contributed by atoms with Crippen molar-refractivity contribution in [1.82, 2.24) is 0 Å². The Labute approximate surface area is 119 Å². The van der Waals surface area contributed by atoms with E-state index in [9.17, 15) is 18.0 Å². The number of benzene rings is 2. The van der Waals surface area contributed by atoms with Gasteiger partial charge in [-0.3, -0.25) is 4.79 Å². The number of carbonyl (C=O) groups excluding carboxylic acids is 1. The van der Waals surface area contributed by atoms with Gasteiger partial charge in [0.2, 0.25) is 0 Å². The van der Waals surface area contributed by atoms with Crippen LogP contribution in [0.5, 0.6) is 0 Å². The second-order valence-electron chi connectivity index (χ2n) is 4.49.